The molecular weight excluding hydrogens is 530 g/mol. The van der Waals surface area contributed by atoms with E-state index in [9.17, 15) is 5.26 Å². The first kappa shape index (κ1) is 27.0. The van der Waals surface area contributed by atoms with Crippen LogP contribution in [0, 0.1) is 11.3 Å². The summed E-state index contributed by atoms with van der Waals surface area (Å²) < 4.78 is 5.18. The monoisotopic (exact) mass is 561 g/mol. The number of furan rings is 1. The fourth-order valence-corrected chi connectivity index (χ4v) is 5.69. The van der Waals surface area contributed by atoms with Crippen molar-refractivity contribution in [3.05, 3.63) is 113 Å². The van der Waals surface area contributed by atoms with Crippen LogP contribution in [0.4, 0.5) is 11.4 Å². The molecule has 0 bridgehead atoms. The second-order valence-electron chi connectivity index (χ2n) is 10.5. The van der Waals surface area contributed by atoms with Crippen molar-refractivity contribution in [3.63, 3.8) is 0 Å². The molecule has 0 amide bonds. The molecule has 7 heteroatoms. The number of likely N-dealkylation sites (N-methyl/N-ethyl adjacent to an activating group) is 1. The highest BCUT2D eigenvalue weighted by Crippen LogP contribution is 2.33. The molecule has 1 aliphatic heterocycles. The third-order valence-corrected chi connectivity index (χ3v) is 8.24. The van der Waals surface area contributed by atoms with Crippen molar-refractivity contribution in [2.45, 2.75) is 19.9 Å². The molecule has 0 atom stereocenters. The second-order valence-corrected chi connectivity index (χ2v) is 10.9. The van der Waals surface area contributed by atoms with Crippen LogP contribution in [-0.4, -0.2) is 47.5 Å². The van der Waals surface area contributed by atoms with Crippen LogP contribution in [0.5, 0.6) is 0 Å². The van der Waals surface area contributed by atoms with Crippen LogP contribution in [0.1, 0.15) is 29.2 Å². The van der Waals surface area contributed by atoms with Gasteiger partial charge in [0.15, 0.2) is 0 Å². The molecule has 0 radical (unpaired) electrons. The number of pyridine rings is 1. The van der Waals surface area contributed by atoms with Crippen molar-refractivity contribution >= 4 is 33.9 Å². The highest BCUT2D eigenvalue weighted by Gasteiger charge is 2.16. The molecule has 1 N–H and O–H groups in total. The maximum absolute atomic E-state index is 9.83. The molecule has 6 rings (SSSR count). The lowest BCUT2D eigenvalue weighted by Crippen LogP contribution is -2.45. The predicted octanol–water partition coefficient (Wildman–Crippen LogP) is 7.49. The smallest absolute Gasteiger partial charge is 0.103 e. The van der Waals surface area contributed by atoms with E-state index in [0.717, 1.165) is 83.8 Å². The highest BCUT2D eigenvalue weighted by molar-refractivity contribution is 6.31. The van der Waals surface area contributed by atoms with Gasteiger partial charge in [0.2, 0.25) is 0 Å². The zero-order valence-corrected chi connectivity index (χ0v) is 23.9. The first-order chi connectivity index (χ1) is 20.1. The van der Waals surface area contributed by atoms with Crippen LogP contribution in [0.2, 0.25) is 5.02 Å². The fourth-order valence-electron chi connectivity index (χ4n) is 5.44. The van der Waals surface area contributed by atoms with Crippen LogP contribution in [-0.2, 0) is 13.0 Å². The Bertz CT molecular complexity index is 1680. The van der Waals surface area contributed by atoms with Crippen LogP contribution < -0.4 is 5.32 Å². The van der Waals surface area contributed by atoms with Gasteiger partial charge in [-0.1, -0.05) is 61.0 Å². The third-order valence-electron chi connectivity index (χ3n) is 7.89. The Labute approximate surface area is 245 Å². The molecule has 2 aromatic heterocycles. The molecule has 3 heterocycles. The van der Waals surface area contributed by atoms with E-state index in [0.29, 0.717) is 17.0 Å². The van der Waals surface area contributed by atoms with E-state index in [1.807, 2.05) is 30.3 Å². The number of nitrogens with one attached hydrogen (secondary N) is 1. The first-order valence-corrected chi connectivity index (χ1v) is 14.4. The van der Waals surface area contributed by atoms with E-state index >= 15 is 0 Å². The van der Waals surface area contributed by atoms with Crippen molar-refractivity contribution in [1.29, 1.82) is 5.26 Å². The number of benzene rings is 3. The number of hydrogen-bond acceptors (Lipinski definition) is 6. The summed E-state index contributed by atoms with van der Waals surface area (Å²) >= 11 is 6.62. The first-order valence-electron chi connectivity index (χ1n) is 14.0. The lowest BCUT2D eigenvalue weighted by atomic mass is 10.0. The number of halogens is 1. The molecular formula is C34H32ClN5O. The fraction of sp³-hybridized carbons (Fsp3) is 0.235. The van der Waals surface area contributed by atoms with Gasteiger partial charge >= 0.3 is 0 Å². The van der Waals surface area contributed by atoms with E-state index < -0.39 is 0 Å². The largest absolute Gasteiger partial charge is 0.472 e. The standard InChI is InChI=1S/C34H32ClN5O/c1-2-39-12-14-40(15-13-39)22-24-3-5-26(6-4-24)27-8-10-31-33(18-27)37-21-29(20-36)34(31)38-30-9-7-28(32(35)19-30)17-25-11-16-41-23-25/h3-11,16,18-19,21,23H,2,12-15,17,22H2,1H3,(H,37,38). The topological polar surface area (TPSA) is 68.3 Å². The summed E-state index contributed by atoms with van der Waals surface area (Å²) in [5.41, 5.74) is 8.48. The maximum atomic E-state index is 9.83. The zero-order valence-electron chi connectivity index (χ0n) is 23.1. The molecule has 206 valence electrons. The molecule has 0 aliphatic carbocycles. The summed E-state index contributed by atoms with van der Waals surface area (Å²) in [5, 5.41) is 14.8. The predicted molar refractivity (Wildman–Crippen MR) is 166 cm³/mol. The van der Waals surface area contributed by atoms with Crippen LogP contribution in [0.25, 0.3) is 22.0 Å². The summed E-state index contributed by atoms with van der Waals surface area (Å²) in [6, 6.07) is 25.1. The minimum absolute atomic E-state index is 0.480. The number of nitrogens with zero attached hydrogens (tertiary/aromatic N) is 4. The van der Waals surface area contributed by atoms with Gasteiger partial charge in [0.05, 0.1) is 29.3 Å². The van der Waals surface area contributed by atoms with E-state index in [4.69, 9.17) is 16.0 Å². The van der Waals surface area contributed by atoms with Crippen LogP contribution in [0.3, 0.4) is 0 Å². The maximum Gasteiger partial charge on any atom is 0.103 e. The molecule has 41 heavy (non-hydrogen) atoms. The normalized spacial score (nSPS) is 14.3. The molecule has 1 aliphatic rings. The molecule has 0 saturated carbocycles. The quantitative estimate of drug-likeness (QED) is 0.212. The van der Waals surface area contributed by atoms with E-state index in [1.165, 1.54) is 5.56 Å². The van der Waals surface area contributed by atoms with Crippen LogP contribution in [0.15, 0.2) is 89.9 Å². The Morgan fingerprint density at radius 1 is 0.927 bits per heavy atom. The van der Waals surface area contributed by atoms with Gasteiger partial charge in [0, 0.05) is 61.4 Å². The lowest BCUT2D eigenvalue weighted by molar-refractivity contribution is 0.132. The van der Waals surface area contributed by atoms with Gasteiger partial charge in [-0.15, -0.1) is 0 Å². The Kier molecular flexibility index (Phi) is 8.02. The SMILES string of the molecule is CCN1CCN(Cc2ccc(-c3ccc4c(Nc5ccc(Cc6ccoc6)c(Cl)c5)c(C#N)cnc4c3)cc2)CC1. The van der Waals surface area contributed by atoms with Crippen molar-refractivity contribution in [1.82, 2.24) is 14.8 Å². The summed E-state index contributed by atoms with van der Waals surface area (Å²) in [6.07, 6.45) is 5.71. The van der Waals surface area contributed by atoms with Crippen molar-refractivity contribution < 1.29 is 4.42 Å². The van der Waals surface area contributed by atoms with Gasteiger partial charge in [-0.05, 0) is 58.6 Å². The number of aromatic nitrogens is 1. The summed E-state index contributed by atoms with van der Waals surface area (Å²) in [7, 11) is 0. The third kappa shape index (κ3) is 6.13. The number of rotatable bonds is 8. The molecule has 5 aromatic rings. The van der Waals surface area contributed by atoms with Crippen molar-refractivity contribution in [2.75, 3.05) is 38.0 Å². The molecule has 0 spiro atoms. The van der Waals surface area contributed by atoms with Gasteiger partial charge in [-0.25, -0.2) is 0 Å². The van der Waals surface area contributed by atoms with Gasteiger partial charge in [-0.2, -0.15) is 5.26 Å². The number of piperazine rings is 1. The highest BCUT2D eigenvalue weighted by atomic mass is 35.5. The average Bonchev–Trinajstić information content (AvgIpc) is 3.52. The number of hydrogen-bond donors (Lipinski definition) is 1. The molecule has 1 fully saturated rings. The van der Waals surface area contributed by atoms with Crippen molar-refractivity contribution in [2.24, 2.45) is 0 Å². The van der Waals surface area contributed by atoms with Crippen molar-refractivity contribution in [3.8, 4) is 17.2 Å². The van der Waals surface area contributed by atoms with Crippen LogP contribution >= 0.6 is 11.6 Å². The lowest BCUT2D eigenvalue weighted by Gasteiger charge is -2.34. The summed E-state index contributed by atoms with van der Waals surface area (Å²) in [5.74, 6) is 0. The molecule has 0 unspecified atom stereocenters. The van der Waals surface area contributed by atoms with Gasteiger partial charge in [0.1, 0.15) is 6.07 Å². The second kappa shape index (κ2) is 12.2. The summed E-state index contributed by atoms with van der Waals surface area (Å²) in [6.45, 7) is 8.88. The summed E-state index contributed by atoms with van der Waals surface area (Å²) in [4.78, 5) is 9.65. The van der Waals surface area contributed by atoms with E-state index in [1.54, 1.807) is 18.7 Å². The molecule has 6 nitrogen and oxygen atoms in total. The number of fused-ring (bicyclic) bond motifs is 1. The Balaban J connectivity index is 1.21. The number of nitriles is 1. The molecule has 1 saturated heterocycles. The number of anilines is 2. The van der Waals surface area contributed by atoms with E-state index in [-0.39, 0.29) is 0 Å². The average molecular weight is 562 g/mol. The minimum Gasteiger partial charge on any atom is -0.472 e. The Hall–Kier alpha value is -4.15. The van der Waals surface area contributed by atoms with Gasteiger partial charge < -0.3 is 14.6 Å². The minimum atomic E-state index is 0.480. The Morgan fingerprint density at radius 2 is 1.71 bits per heavy atom. The van der Waals surface area contributed by atoms with E-state index in [2.05, 4.69) is 69.5 Å². The molecule has 3 aromatic carbocycles. The van der Waals surface area contributed by atoms with Gasteiger partial charge in [-0.3, -0.25) is 9.88 Å². The zero-order chi connectivity index (χ0) is 28.2. The van der Waals surface area contributed by atoms with Gasteiger partial charge in [0.25, 0.3) is 0 Å². The Morgan fingerprint density at radius 3 is 2.41 bits per heavy atom.